The number of thiophene rings is 1. The van der Waals surface area contributed by atoms with Crippen molar-refractivity contribution in [3.8, 4) is 0 Å². The summed E-state index contributed by atoms with van der Waals surface area (Å²) in [5.74, 6) is 0.0990. The highest BCUT2D eigenvalue weighted by Gasteiger charge is 2.36. The maximum atomic E-state index is 12.0. The molecule has 0 saturated carbocycles. The molecule has 0 aromatic carbocycles. The SMILES string of the molecule is Cc1ccsc1CNC(=O)NC1CC(=O)N(C(C)(C)C)C1. The van der Waals surface area contributed by atoms with Gasteiger partial charge < -0.3 is 15.5 Å². The van der Waals surface area contributed by atoms with E-state index in [9.17, 15) is 9.59 Å². The summed E-state index contributed by atoms with van der Waals surface area (Å²) in [4.78, 5) is 26.9. The van der Waals surface area contributed by atoms with Crippen molar-refractivity contribution < 1.29 is 9.59 Å². The van der Waals surface area contributed by atoms with Crippen molar-refractivity contribution in [2.75, 3.05) is 6.54 Å². The average Bonchev–Trinajstić information content (AvgIpc) is 2.92. The molecule has 1 unspecified atom stereocenters. The van der Waals surface area contributed by atoms with Gasteiger partial charge in [0.2, 0.25) is 5.91 Å². The minimum Gasteiger partial charge on any atom is -0.336 e. The molecule has 1 aromatic heterocycles. The molecule has 0 bridgehead atoms. The van der Waals surface area contributed by atoms with E-state index in [-0.39, 0.29) is 23.5 Å². The van der Waals surface area contributed by atoms with Gasteiger partial charge in [-0.05, 0) is 44.7 Å². The van der Waals surface area contributed by atoms with Crippen molar-refractivity contribution in [1.82, 2.24) is 15.5 Å². The molecule has 2 rings (SSSR count). The summed E-state index contributed by atoms with van der Waals surface area (Å²) in [5, 5.41) is 7.75. The molecular weight excluding hydrogens is 286 g/mol. The van der Waals surface area contributed by atoms with Crippen LogP contribution >= 0.6 is 11.3 Å². The minimum absolute atomic E-state index is 0.0990. The summed E-state index contributed by atoms with van der Waals surface area (Å²) < 4.78 is 0. The zero-order valence-corrected chi connectivity index (χ0v) is 13.8. The normalized spacial score (nSPS) is 19.0. The van der Waals surface area contributed by atoms with Crippen LogP contribution in [0.4, 0.5) is 4.79 Å². The second kappa shape index (κ2) is 6.05. The van der Waals surface area contributed by atoms with Crippen molar-refractivity contribution in [1.29, 1.82) is 0 Å². The van der Waals surface area contributed by atoms with Gasteiger partial charge in [0.15, 0.2) is 0 Å². The topological polar surface area (TPSA) is 61.4 Å². The lowest BCUT2D eigenvalue weighted by atomic mass is 10.1. The van der Waals surface area contributed by atoms with Gasteiger partial charge in [0, 0.05) is 23.4 Å². The van der Waals surface area contributed by atoms with E-state index in [0.717, 1.165) is 4.88 Å². The largest absolute Gasteiger partial charge is 0.336 e. The number of hydrogen-bond acceptors (Lipinski definition) is 3. The Morgan fingerprint density at radius 2 is 2.19 bits per heavy atom. The number of amides is 3. The summed E-state index contributed by atoms with van der Waals surface area (Å²) in [7, 11) is 0. The standard InChI is InChI=1S/C15H23N3O2S/c1-10-5-6-21-12(10)8-16-14(20)17-11-7-13(19)18(9-11)15(2,3)4/h5-6,11H,7-9H2,1-4H3,(H2,16,17,20). The predicted molar refractivity (Wildman–Crippen MR) is 84.3 cm³/mol. The number of carbonyl (C=O) groups is 2. The number of rotatable bonds is 3. The third-order valence-corrected chi connectivity index (χ3v) is 4.67. The molecule has 1 aliphatic heterocycles. The van der Waals surface area contributed by atoms with Crippen molar-refractivity contribution in [3.05, 3.63) is 21.9 Å². The fraction of sp³-hybridized carbons (Fsp3) is 0.600. The second-order valence-corrected chi connectivity index (χ2v) is 7.43. The van der Waals surface area contributed by atoms with Crippen LogP contribution in [0.1, 0.15) is 37.6 Å². The fourth-order valence-electron chi connectivity index (χ4n) is 2.43. The molecule has 2 heterocycles. The van der Waals surface area contributed by atoms with Crippen LogP contribution in [-0.2, 0) is 11.3 Å². The van der Waals surface area contributed by atoms with Gasteiger partial charge in [-0.1, -0.05) is 0 Å². The molecule has 116 valence electrons. The highest BCUT2D eigenvalue weighted by Crippen LogP contribution is 2.21. The minimum atomic E-state index is -0.212. The number of nitrogens with zero attached hydrogens (tertiary/aromatic N) is 1. The Morgan fingerprint density at radius 3 is 2.71 bits per heavy atom. The average molecular weight is 309 g/mol. The monoisotopic (exact) mass is 309 g/mol. The zero-order valence-electron chi connectivity index (χ0n) is 13.0. The number of urea groups is 1. The molecule has 2 N–H and O–H groups in total. The quantitative estimate of drug-likeness (QED) is 0.899. The highest BCUT2D eigenvalue weighted by atomic mass is 32.1. The van der Waals surface area contributed by atoms with Gasteiger partial charge in [-0.2, -0.15) is 0 Å². The first-order valence-corrected chi connectivity index (χ1v) is 8.03. The van der Waals surface area contributed by atoms with Crippen molar-refractivity contribution in [2.24, 2.45) is 0 Å². The summed E-state index contributed by atoms with van der Waals surface area (Å²) in [6.45, 7) is 9.15. The van der Waals surface area contributed by atoms with Crippen LogP contribution in [0.25, 0.3) is 0 Å². The molecular formula is C15H23N3O2S. The fourth-order valence-corrected chi connectivity index (χ4v) is 3.28. The van der Waals surface area contributed by atoms with Crippen LogP contribution < -0.4 is 10.6 Å². The van der Waals surface area contributed by atoms with Gasteiger partial charge in [0.1, 0.15) is 0 Å². The lowest BCUT2D eigenvalue weighted by Gasteiger charge is -2.32. The molecule has 5 nitrogen and oxygen atoms in total. The van der Waals surface area contributed by atoms with E-state index < -0.39 is 0 Å². The second-order valence-electron chi connectivity index (χ2n) is 6.43. The molecule has 1 aliphatic rings. The van der Waals surface area contributed by atoms with Crippen molar-refractivity contribution >= 4 is 23.3 Å². The van der Waals surface area contributed by atoms with Crippen LogP contribution in [0, 0.1) is 6.92 Å². The maximum absolute atomic E-state index is 12.0. The van der Waals surface area contributed by atoms with Crippen LogP contribution in [0.15, 0.2) is 11.4 Å². The van der Waals surface area contributed by atoms with Gasteiger partial charge in [0.05, 0.1) is 12.6 Å². The van der Waals surface area contributed by atoms with Crippen LogP contribution in [0.5, 0.6) is 0 Å². The molecule has 1 aromatic rings. The Bertz CT molecular complexity index is 533. The van der Waals surface area contributed by atoms with E-state index in [0.29, 0.717) is 19.5 Å². The van der Waals surface area contributed by atoms with Gasteiger partial charge in [-0.3, -0.25) is 4.79 Å². The molecule has 0 aliphatic carbocycles. The van der Waals surface area contributed by atoms with E-state index in [1.807, 2.05) is 44.0 Å². The Balaban J connectivity index is 1.81. The molecule has 21 heavy (non-hydrogen) atoms. The van der Waals surface area contributed by atoms with Gasteiger partial charge in [0.25, 0.3) is 0 Å². The molecule has 0 radical (unpaired) electrons. The summed E-state index contributed by atoms with van der Waals surface area (Å²) in [6, 6.07) is 1.72. The van der Waals surface area contributed by atoms with Crippen LogP contribution in [0.3, 0.4) is 0 Å². The number of carbonyl (C=O) groups excluding carboxylic acids is 2. The molecule has 1 saturated heterocycles. The van der Waals surface area contributed by atoms with E-state index in [1.165, 1.54) is 5.56 Å². The third kappa shape index (κ3) is 3.97. The number of likely N-dealkylation sites (tertiary alicyclic amines) is 1. The molecule has 6 heteroatoms. The van der Waals surface area contributed by atoms with Crippen LogP contribution in [0.2, 0.25) is 0 Å². The van der Waals surface area contributed by atoms with E-state index >= 15 is 0 Å². The summed E-state index contributed by atoms with van der Waals surface area (Å²) in [6.07, 6.45) is 0.378. The summed E-state index contributed by atoms with van der Waals surface area (Å²) in [5.41, 5.74) is 0.994. The Morgan fingerprint density at radius 1 is 1.48 bits per heavy atom. The number of aryl methyl sites for hydroxylation is 1. The Hall–Kier alpha value is -1.56. The third-order valence-electron chi connectivity index (χ3n) is 3.65. The van der Waals surface area contributed by atoms with Gasteiger partial charge in [-0.25, -0.2) is 4.79 Å². The van der Waals surface area contributed by atoms with E-state index in [4.69, 9.17) is 0 Å². The predicted octanol–water partition coefficient (Wildman–Crippen LogP) is 2.26. The Labute approximate surface area is 129 Å². The Kier molecular flexibility index (Phi) is 4.56. The van der Waals surface area contributed by atoms with Gasteiger partial charge in [-0.15, -0.1) is 11.3 Å². The molecule has 3 amide bonds. The van der Waals surface area contributed by atoms with E-state index in [1.54, 1.807) is 11.3 Å². The van der Waals surface area contributed by atoms with Crippen molar-refractivity contribution in [3.63, 3.8) is 0 Å². The first kappa shape index (κ1) is 15.8. The molecule has 0 spiro atoms. The highest BCUT2D eigenvalue weighted by molar-refractivity contribution is 7.10. The number of hydrogen-bond donors (Lipinski definition) is 2. The summed E-state index contributed by atoms with van der Waals surface area (Å²) >= 11 is 1.63. The molecule has 1 atom stereocenters. The zero-order chi connectivity index (χ0) is 15.6. The smallest absolute Gasteiger partial charge is 0.315 e. The lowest BCUT2D eigenvalue weighted by Crippen LogP contribution is -2.46. The lowest BCUT2D eigenvalue weighted by molar-refractivity contribution is -0.131. The first-order valence-electron chi connectivity index (χ1n) is 7.15. The van der Waals surface area contributed by atoms with Crippen molar-refractivity contribution in [2.45, 2.75) is 52.2 Å². The molecule has 1 fully saturated rings. The first-order chi connectivity index (χ1) is 9.77. The maximum Gasteiger partial charge on any atom is 0.315 e. The van der Waals surface area contributed by atoms with Crippen LogP contribution in [-0.4, -0.2) is 35.0 Å². The van der Waals surface area contributed by atoms with E-state index in [2.05, 4.69) is 10.6 Å². The number of nitrogens with one attached hydrogen (secondary N) is 2. The van der Waals surface area contributed by atoms with Gasteiger partial charge >= 0.3 is 6.03 Å².